The van der Waals surface area contributed by atoms with Crippen molar-refractivity contribution in [2.24, 2.45) is 0 Å². The molecule has 1 unspecified atom stereocenters. The standard InChI is InChI=1S/C23H23F3N4O4/c1-3-7-14-16(10-9-15-18(14)34-29-19(15)23(24,25)26)33-13-6-12-30-21(32)28-20(31)22(30,2)17-8-4-5-11-27-17/h4-5,8-11H,3,6-7,12-13H2,1-2H3,(H,28,31,32). The molecule has 1 saturated heterocycles. The van der Waals surface area contributed by atoms with E-state index in [9.17, 15) is 22.8 Å². The molecule has 180 valence electrons. The lowest BCUT2D eigenvalue weighted by Crippen LogP contribution is -2.45. The van der Waals surface area contributed by atoms with Crippen LogP contribution in [0.2, 0.25) is 0 Å². The average molecular weight is 476 g/mol. The van der Waals surface area contributed by atoms with E-state index in [2.05, 4.69) is 15.5 Å². The number of nitrogens with one attached hydrogen (secondary N) is 1. The predicted molar refractivity (Wildman–Crippen MR) is 115 cm³/mol. The number of ether oxygens (including phenoxy) is 1. The first-order valence-electron chi connectivity index (χ1n) is 10.8. The number of aromatic nitrogens is 2. The van der Waals surface area contributed by atoms with Crippen LogP contribution in [0.1, 0.15) is 43.6 Å². The molecule has 1 atom stereocenters. The molecule has 8 nitrogen and oxygen atoms in total. The SMILES string of the molecule is CCCc1c(OCCCN2C(=O)NC(=O)C2(C)c2ccccn2)ccc2c(C(F)(F)F)noc12. The van der Waals surface area contributed by atoms with Crippen LogP contribution in [0.15, 0.2) is 41.1 Å². The molecule has 0 bridgehead atoms. The summed E-state index contributed by atoms with van der Waals surface area (Å²) in [5, 5.41) is 5.44. The zero-order valence-electron chi connectivity index (χ0n) is 18.6. The molecule has 34 heavy (non-hydrogen) atoms. The largest absolute Gasteiger partial charge is 0.493 e. The molecule has 11 heteroatoms. The van der Waals surface area contributed by atoms with Crippen LogP contribution in [0.25, 0.3) is 11.0 Å². The summed E-state index contributed by atoms with van der Waals surface area (Å²) in [4.78, 5) is 30.6. The topological polar surface area (TPSA) is 97.6 Å². The third-order valence-corrected chi connectivity index (χ3v) is 5.86. The van der Waals surface area contributed by atoms with Crippen molar-refractivity contribution in [1.29, 1.82) is 0 Å². The van der Waals surface area contributed by atoms with E-state index in [4.69, 9.17) is 9.26 Å². The molecule has 3 amide bonds. The Morgan fingerprint density at radius 3 is 2.68 bits per heavy atom. The van der Waals surface area contributed by atoms with Crippen molar-refractivity contribution in [3.05, 3.63) is 53.5 Å². The number of alkyl halides is 3. The van der Waals surface area contributed by atoms with Crippen molar-refractivity contribution in [1.82, 2.24) is 20.4 Å². The lowest BCUT2D eigenvalue weighted by Gasteiger charge is -2.31. The molecule has 0 spiro atoms. The highest BCUT2D eigenvalue weighted by molar-refractivity contribution is 6.06. The Hall–Kier alpha value is -3.63. The van der Waals surface area contributed by atoms with Gasteiger partial charge in [0.1, 0.15) is 5.75 Å². The highest BCUT2D eigenvalue weighted by Crippen LogP contribution is 2.38. The maximum absolute atomic E-state index is 13.2. The maximum Gasteiger partial charge on any atom is 0.437 e. The van der Waals surface area contributed by atoms with Crippen LogP contribution >= 0.6 is 0 Å². The lowest BCUT2D eigenvalue weighted by atomic mass is 9.95. The van der Waals surface area contributed by atoms with Gasteiger partial charge in [-0.2, -0.15) is 13.2 Å². The number of amides is 3. The summed E-state index contributed by atoms with van der Waals surface area (Å²) in [5.41, 5.74) is -1.31. The molecule has 1 N–H and O–H groups in total. The van der Waals surface area contributed by atoms with E-state index in [0.29, 0.717) is 36.3 Å². The van der Waals surface area contributed by atoms with Crippen LogP contribution in [-0.2, 0) is 22.9 Å². The number of pyridine rings is 1. The van der Waals surface area contributed by atoms with Crippen molar-refractivity contribution in [2.45, 2.75) is 44.8 Å². The van der Waals surface area contributed by atoms with Gasteiger partial charge in [0.25, 0.3) is 5.91 Å². The maximum atomic E-state index is 13.2. The number of hydrogen-bond acceptors (Lipinski definition) is 6. The van der Waals surface area contributed by atoms with Crippen LogP contribution in [0.5, 0.6) is 5.75 Å². The summed E-state index contributed by atoms with van der Waals surface area (Å²) in [6.07, 6.45) is -1.59. The van der Waals surface area contributed by atoms with E-state index in [1.165, 1.54) is 17.0 Å². The molecular weight excluding hydrogens is 453 g/mol. The molecular formula is C23H23F3N4O4. The van der Waals surface area contributed by atoms with Crippen molar-refractivity contribution in [3.63, 3.8) is 0 Å². The van der Waals surface area contributed by atoms with Gasteiger partial charge >= 0.3 is 12.2 Å². The number of aryl methyl sites for hydroxylation is 1. The summed E-state index contributed by atoms with van der Waals surface area (Å²) in [6.45, 7) is 3.90. The minimum atomic E-state index is -4.62. The first kappa shape index (κ1) is 23.5. The Bertz CT molecular complexity index is 1210. The van der Waals surface area contributed by atoms with E-state index >= 15 is 0 Å². The minimum absolute atomic E-state index is 0.0546. The van der Waals surface area contributed by atoms with Gasteiger partial charge in [0.2, 0.25) is 0 Å². The van der Waals surface area contributed by atoms with Gasteiger partial charge in [-0.25, -0.2) is 4.79 Å². The molecule has 3 aromatic rings. The Morgan fingerprint density at radius 1 is 1.21 bits per heavy atom. The summed E-state index contributed by atoms with van der Waals surface area (Å²) < 4.78 is 50.5. The number of fused-ring (bicyclic) bond motifs is 1. The Kier molecular flexibility index (Phi) is 6.20. The average Bonchev–Trinajstić information content (AvgIpc) is 3.33. The van der Waals surface area contributed by atoms with Gasteiger partial charge in [-0.15, -0.1) is 0 Å². The molecule has 1 aliphatic rings. The molecule has 1 aromatic carbocycles. The van der Waals surface area contributed by atoms with E-state index in [1.54, 1.807) is 31.3 Å². The van der Waals surface area contributed by atoms with Gasteiger partial charge in [-0.3, -0.25) is 15.1 Å². The van der Waals surface area contributed by atoms with E-state index in [1.807, 2.05) is 6.92 Å². The zero-order valence-corrected chi connectivity index (χ0v) is 18.6. The molecule has 1 aliphatic heterocycles. The second-order valence-corrected chi connectivity index (χ2v) is 8.10. The second kappa shape index (κ2) is 8.96. The van der Waals surface area contributed by atoms with E-state index in [0.717, 1.165) is 0 Å². The predicted octanol–water partition coefficient (Wildman–Crippen LogP) is 4.43. The monoisotopic (exact) mass is 476 g/mol. The van der Waals surface area contributed by atoms with Crippen LogP contribution in [0.4, 0.5) is 18.0 Å². The van der Waals surface area contributed by atoms with Crippen molar-refractivity contribution in [3.8, 4) is 5.75 Å². The van der Waals surface area contributed by atoms with Gasteiger partial charge in [0.05, 0.1) is 17.7 Å². The highest BCUT2D eigenvalue weighted by Gasteiger charge is 2.51. The molecule has 4 rings (SSSR count). The lowest BCUT2D eigenvalue weighted by molar-refractivity contribution is -0.141. The fourth-order valence-corrected chi connectivity index (χ4v) is 4.11. The Morgan fingerprint density at radius 2 is 2.00 bits per heavy atom. The number of hydrogen-bond donors (Lipinski definition) is 1. The smallest absolute Gasteiger partial charge is 0.437 e. The third kappa shape index (κ3) is 4.06. The Balaban J connectivity index is 1.49. The number of rotatable bonds is 8. The van der Waals surface area contributed by atoms with Crippen LogP contribution in [0.3, 0.4) is 0 Å². The number of nitrogens with zero attached hydrogens (tertiary/aromatic N) is 3. The summed E-state index contributed by atoms with van der Waals surface area (Å²) in [6, 6.07) is 7.38. The minimum Gasteiger partial charge on any atom is -0.493 e. The Labute approximate surface area is 193 Å². The number of carbonyl (C=O) groups is 2. The number of urea groups is 1. The van der Waals surface area contributed by atoms with Crippen molar-refractivity contribution < 1.29 is 32.0 Å². The number of imide groups is 1. The molecule has 2 aromatic heterocycles. The van der Waals surface area contributed by atoms with Gasteiger partial charge in [-0.05, 0) is 44.0 Å². The fraction of sp³-hybridized carbons (Fsp3) is 0.391. The molecule has 1 fully saturated rings. The second-order valence-electron chi connectivity index (χ2n) is 8.10. The number of carbonyl (C=O) groups excluding carboxylic acids is 2. The van der Waals surface area contributed by atoms with Gasteiger partial charge in [0, 0.05) is 18.3 Å². The normalized spacial score (nSPS) is 18.6. The van der Waals surface area contributed by atoms with Crippen molar-refractivity contribution in [2.75, 3.05) is 13.2 Å². The van der Waals surface area contributed by atoms with Gasteiger partial charge in [0.15, 0.2) is 16.8 Å². The summed E-state index contributed by atoms with van der Waals surface area (Å²) in [5.74, 6) is -0.0627. The summed E-state index contributed by atoms with van der Waals surface area (Å²) in [7, 11) is 0. The van der Waals surface area contributed by atoms with E-state index < -0.39 is 29.3 Å². The highest BCUT2D eigenvalue weighted by atomic mass is 19.4. The molecule has 3 heterocycles. The zero-order chi connectivity index (χ0) is 24.5. The number of benzene rings is 1. The quantitative estimate of drug-likeness (QED) is 0.382. The van der Waals surface area contributed by atoms with Crippen LogP contribution < -0.4 is 10.1 Å². The molecule has 0 saturated carbocycles. The molecule has 0 radical (unpaired) electrons. The van der Waals surface area contributed by atoms with Gasteiger partial charge in [-0.1, -0.05) is 24.6 Å². The first-order valence-corrected chi connectivity index (χ1v) is 10.8. The fourth-order valence-electron chi connectivity index (χ4n) is 4.11. The van der Waals surface area contributed by atoms with Crippen molar-refractivity contribution >= 4 is 22.9 Å². The molecule has 0 aliphatic carbocycles. The van der Waals surface area contributed by atoms with Crippen LogP contribution in [0, 0.1) is 0 Å². The van der Waals surface area contributed by atoms with E-state index in [-0.39, 0.29) is 24.1 Å². The first-order chi connectivity index (χ1) is 16.2. The number of halogens is 3. The summed E-state index contributed by atoms with van der Waals surface area (Å²) >= 11 is 0. The van der Waals surface area contributed by atoms with Crippen LogP contribution in [-0.4, -0.2) is 40.1 Å². The van der Waals surface area contributed by atoms with Gasteiger partial charge < -0.3 is 14.2 Å². The third-order valence-electron chi connectivity index (χ3n) is 5.86.